The lowest BCUT2D eigenvalue weighted by Crippen LogP contribution is -2.15. The number of pyridine rings is 1. The Bertz CT molecular complexity index is 645. The Kier molecular flexibility index (Phi) is 4.64. The molecule has 0 saturated carbocycles. The summed E-state index contributed by atoms with van der Waals surface area (Å²) in [4.78, 5) is 2.89. The highest BCUT2D eigenvalue weighted by Crippen LogP contribution is 2.36. The highest BCUT2D eigenvalue weighted by atomic mass is 127. The number of alkyl halides is 3. The molecule has 2 rings (SSSR count). The quantitative estimate of drug-likeness (QED) is 0.417. The Morgan fingerprint density at radius 1 is 1.05 bits per heavy atom. The van der Waals surface area contributed by atoms with Crippen molar-refractivity contribution >= 4 is 22.6 Å². The van der Waals surface area contributed by atoms with Crippen molar-refractivity contribution in [2.75, 3.05) is 0 Å². The molecule has 0 aliphatic carbocycles. The summed E-state index contributed by atoms with van der Waals surface area (Å²) in [6.45, 7) is -0.258. The van der Waals surface area contributed by atoms with Crippen molar-refractivity contribution in [1.29, 1.82) is 0 Å². The van der Waals surface area contributed by atoms with E-state index in [0.717, 1.165) is 0 Å². The molecule has 0 atom stereocenters. The molecule has 0 unspecified atom stereocenters. The van der Waals surface area contributed by atoms with E-state index in [0.29, 0.717) is 5.56 Å². The minimum atomic E-state index is -5.03. The number of halogens is 6. The summed E-state index contributed by atoms with van der Waals surface area (Å²) in [6.07, 6.45) is -5.03. The lowest BCUT2D eigenvalue weighted by molar-refractivity contribution is -0.144. The van der Waals surface area contributed by atoms with Gasteiger partial charge in [0.05, 0.1) is 0 Å². The van der Waals surface area contributed by atoms with E-state index >= 15 is 0 Å². The van der Waals surface area contributed by atoms with E-state index in [1.807, 2.05) is 0 Å². The van der Waals surface area contributed by atoms with Crippen molar-refractivity contribution in [1.82, 2.24) is 4.98 Å². The summed E-state index contributed by atoms with van der Waals surface area (Å²) in [7, 11) is 0. The van der Waals surface area contributed by atoms with Gasteiger partial charge in [-0.2, -0.15) is 17.6 Å². The van der Waals surface area contributed by atoms with Crippen molar-refractivity contribution in [2.45, 2.75) is 12.8 Å². The fraction of sp³-hybridized carbons (Fsp3) is 0.154. The van der Waals surface area contributed by atoms with Gasteiger partial charge in [-0.25, -0.2) is 9.37 Å². The van der Waals surface area contributed by atoms with Crippen LogP contribution in [0.5, 0.6) is 5.75 Å². The van der Waals surface area contributed by atoms with Crippen LogP contribution in [0, 0.1) is 15.3 Å². The molecule has 0 N–H and O–H groups in total. The van der Waals surface area contributed by atoms with Crippen molar-refractivity contribution in [3.63, 3.8) is 0 Å². The first-order valence-electron chi connectivity index (χ1n) is 5.59. The minimum absolute atomic E-state index is 0.258. The van der Waals surface area contributed by atoms with E-state index < -0.39 is 33.0 Å². The lowest BCUT2D eigenvalue weighted by atomic mass is 10.2. The van der Waals surface area contributed by atoms with E-state index in [1.54, 1.807) is 30.3 Å². The summed E-state index contributed by atoms with van der Waals surface area (Å²) in [5, 5.41) is 0. The zero-order chi connectivity index (χ0) is 15.6. The summed E-state index contributed by atoms with van der Waals surface area (Å²) < 4.78 is 69.6. The molecule has 0 aliphatic rings. The van der Waals surface area contributed by atoms with Crippen LogP contribution in [-0.2, 0) is 12.8 Å². The van der Waals surface area contributed by atoms with Crippen LogP contribution in [0.3, 0.4) is 0 Å². The van der Waals surface area contributed by atoms with Gasteiger partial charge in [0.25, 0.3) is 0 Å². The van der Waals surface area contributed by atoms with E-state index in [9.17, 15) is 22.0 Å². The van der Waals surface area contributed by atoms with Crippen molar-refractivity contribution in [2.24, 2.45) is 0 Å². The van der Waals surface area contributed by atoms with Gasteiger partial charge < -0.3 is 4.74 Å². The highest BCUT2D eigenvalue weighted by molar-refractivity contribution is 14.1. The maximum absolute atomic E-state index is 13.8. The smallest absolute Gasteiger partial charge is 0.436 e. The van der Waals surface area contributed by atoms with Gasteiger partial charge in [-0.3, -0.25) is 0 Å². The predicted octanol–water partition coefficient (Wildman–Crippen LogP) is 4.56. The van der Waals surface area contributed by atoms with Crippen molar-refractivity contribution in [3.05, 3.63) is 56.9 Å². The molecule has 0 saturated heterocycles. The number of hydrogen-bond acceptors (Lipinski definition) is 2. The van der Waals surface area contributed by atoms with Gasteiger partial charge in [-0.15, -0.1) is 0 Å². The second-order valence-corrected chi connectivity index (χ2v) is 5.00. The predicted molar refractivity (Wildman–Crippen MR) is 72.6 cm³/mol. The highest BCUT2D eigenvalue weighted by Gasteiger charge is 2.39. The van der Waals surface area contributed by atoms with Gasteiger partial charge in [0.1, 0.15) is 10.3 Å². The molecule has 0 amide bonds. The fourth-order valence-electron chi connectivity index (χ4n) is 1.54. The zero-order valence-corrected chi connectivity index (χ0v) is 12.4. The molecule has 2 aromatic rings. The molecule has 21 heavy (non-hydrogen) atoms. The number of nitrogens with zero attached hydrogens (tertiary/aromatic N) is 1. The average Bonchev–Trinajstić information content (AvgIpc) is 2.42. The molecule has 0 radical (unpaired) electrons. The topological polar surface area (TPSA) is 22.1 Å². The molecule has 1 heterocycles. The third-order valence-corrected chi connectivity index (χ3v) is 3.21. The molecule has 0 bridgehead atoms. The molecule has 0 aliphatic heterocycles. The number of aromatic nitrogens is 1. The first-order chi connectivity index (χ1) is 9.80. The van der Waals surface area contributed by atoms with Crippen molar-refractivity contribution < 1.29 is 26.7 Å². The standard InChI is InChI=1S/C13H7F5INO/c14-8-10(21-6-7-4-2-1-3-5-7)9(15)12(19)20-11(8)13(16,17)18/h1-5H,6H2. The minimum Gasteiger partial charge on any atom is -0.483 e. The second kappa shape index (κ2) is 6.12. The Hall–Kier alpha value is -1.45. The van der Waals surface area contributed by atoms with Crippen LogP contribution in [0.4, 0.5) is 22.0 Å². The van der Waals surface area contributed by atoms with E-state index in [-0.39, 0.29) is 6.61 Å². The first kappa shape index (κ1) is 15.9. The van der Waals surface area contributed by atoms with Gasteiger partial charge in [0, 0.05) is 0 Å². The first-order valence-corrected chi connectivity index (χ1v) is 6.67. The molecule has 1 aromatic heterocycles. The fourth-order valence-corrected chi connectivity index (χ4v) is 2.02. The van der Waals surface area contributed by atoms with Crippen LogP contribution in [0.25, 0.3) is 0 Å². The normalized spacial score (nSPS) is 11.5. The molecule has 1 aromatic carbocycles. The number of benzene rings is 1. The molecule has 8 heteroatoms. The molecule has 2 nitrogen and oxygen atoms in total. The number of rotatable bonds is 3. The van der Waals surface area contributed by atoms with Crippen LogP contribution >= 0.6 is 22.6 Å². The summed E-state index contributed by atoms with van der Waals surface area (Å²) in [5.74, 6) is -4.18. The Morgan fingerprint density at radius 2 is 1.67 bits per heavy atom. The van der Waals surface area contributed by atoms with Crippen LogP contribution in [0.1, 0.15) is 11.3 Å². The third kappa shape index (κ3) is 3.60. The maximum Gasteiger partial charge on any atom is 0.436 e. The Labute approximate surface area is 130 Å². The molecular weight excluding hydrogens is 408 g/mol. The Morgan fingerprint density at radius 3 is 2.24 bits per heavy atom. The Balaban J connectivity index is 2.36. The average molecular weight is 415 g/mol. The third-order valence-electron chi connectivity index (χ3n) is 2.49. The van der Waals surface area contributed by atoms with Gasteiger partial charge in [-0.1, -0.05) is 30.3 Å². The SMILES string of the molecule is Fc1c(I)nc(C(F)(F)F)c(F)c1OCc1ccccc1. The monoisotopic (exact) mass is 415 g/mol. The molecule has 0 spiro atoms. The summed E-state index contributed by atoms with van der Waals surface area (Å²) in [5.41, 5.74) is -1.23. The second-order valence-electron chi connectivity index (χ2n) is 3.98. The molecule has 112 valence electrons. The van der Waals surface area contributed by atoms with Crippen molar-refractivity contribution in [3.8, 4) is 5.75 Å². The number of ether oxygens (including phenoxy) is 1. The van der Waals surface area contributed by atoms with Gasteiger partial charge in [-0.05, 0) is 28.2 Å². The van der Waals surface area contributed by atoms with Gasteiger partial charge >= 0.3 is 6.18 Å². The van der Waals surface area contributed by atoms with Crippen LogP contribution in [0.15, 0.2) is 30.3 Å². The van der Waals surface area contributed by atoms with Crippen LogP contribution in [-0.4, -0.2) is 4.98 Å². The van der Waals surface area contributed by atoms with E-state index in [1.165, 1.54) is 22.6 Å². The number of hydrogen-bond donors (Lipinski definition) is 0. The molecule has 0 fully saturated rings. The summed E-state index contributed by atoms with van der Waals surface area (Å²) >= 11 is 1.25. The van der Waals surface area contributed by atoms with Crippen LogP contribution < -0.4 is 4.74 Å². The van der Waals surface area contributed by atoms with E-state index in [2.05, 4.69) is 4.98 Å². The van der Waals surface area contributed by atoms with Gasteiger partial charge in [0.15, 0.2) is 23.1 Å². The van der Waals surface area contributed by atoms with E-state index in [4.69, 9.17) is 4.74 Å². The zero-order valence-electron chi connectivity index (χ0n) is 10.2. The maximum atomic E-state index is 13.8. The summed E-state index contributed by atoms with van der Waals surface area (Å²) in [6, 6.07) is 8.30. The van der Waals surface area contributed by atoms with Crippen LogP contribution in [0.2, 0.25) is 0 Å². The van der Waals surface area contributed by atoms with Gasteiger partial charge in [0.2, 0.25) is 0 Å². The largest absolute Gasteiger partial charge is 0.483 e. The molecular formula is C13H7F5INO. The lowest BCUT2D eigenvalue weighted by Gasteiger charge is -2.13.